The molecule has 0 fully saturated rings. The molecule has 0 aliphatic carbocycles. The van der Waals surface area contributed by atoms with E-state index in [1.807, 2.05) is 84.9 Å². The van der Waals surface area contributed by atoms with Gasteiger partial charge in [-0.2, -0.15) is 0 Å². The molecule has 0 aliphatic heterocycles. The summed E-state index contributed by atoms with van der Waals surface area (Å²) in [5.74, 6) is 0.494. The lowest BCUT2D eigenvalue weighted by Gasteiger charge is -2.11. The number of hydrogen-bond acceptors (Lipinski definition) is 5. The molecular formula is C49H29N3O2. The lowest BCUT2D eigenvalue weighted by atomic mass is 9.97. The second-order valence-electron chi connectivity index (χ2n) is 13.0. The van der Waals surface area contributed by atoms with Crippen LogP contribution in [0.3, 0.4) is 0 Å². The molecular weight excluding hydrogens is 663 g/mol. The molecule has 54 heavy (non-hydrogen) atoms. The van der Waals surface area contributed by atoms with Crippen LogP contribution < -0.4 is 0 Å². The van der Waals surface area contributed by atoms with Gasteiger partial charge in [0.1, 0.15) is 22.3 Å². The van der Waals surface area contributed by atoms with E-state index in [-0.39, 0.29) is 57.1 Å². The Balaban J connectivity index is 1.14. The Morgan fingerprint density at radius 3 is 1.78 bits per heavy atom. The van der Waals surface area contributed by atoms with Gasteiger partial charge in [0.2, 0.25) is 0 Å². The molecule has 5 heteroatoms. The summed E-state index contributed by atoms with van der Waals surface area (Å²) in [5, 5.41) is 3.27. The second kappa shape index (κ2) is 12.1. The summed E-state index contributed by atoms with van der Waals surface area (Å²) in [7, 11) is 0. The highest BCUT2D eigenvalue weighted by molar-refractivity contribution is 6.19. The summed E-state index contributed by atoms with van der Waals surface area (Å²) >= 11 is 0. The van der Waals surface area contributed by atoms with Crippen LogP contribution in [0.25, 0.3) is 111 Å². The van der Waals surface area contributed by atoms with Crippen molar-refractivity contribution in [3.05, 3.63) is 176 Å². The molecule has 0 radical (unpaired) electrons. The molecule has 0 saturated carbocycles. The topological polar surface area (TPSA) is 65.0 Å². The molecule has 3 aromatic heterocycles. The van der Waals surface area contributed by atoms with E-state index in [2.05, 4.69) is 48.5 Å². The lowest BCUT2D eigenvalue weighted by molar-refractivity contribution is 0.669. The minimum Gasteiger partial charge on any atom is -0.456 e. The predicted molar refractivity (Wildman–Crippen MR) is 219 cm³/mol. The van der Waals surface area contributed by atoms with Gasteiger partial charge in [0.25, 0.3) is 0 Å². The van der Waals surface area contributed by atoms with Gasteiger partial charge in [0.05, 0.1) is 9.60 Å². The molecule has 0 amide bonds. The Labute approximate surface area is 319 Å². The van der Waals surface area contributed by atoms with E-state index in [1.165, 1.54) is 0 Å². The summed E-state index contributed by atoms with van der Waals surface area (Å²) in [5.41, 5.74) is 6.61. The van der Waals surface area contributed by atoms with Crippen molar-refractivity contribution in [2.75, 3.05) is 0 Å². The maximum Gasteiger partial charge on any atom is 0.164 e. The van der Waals surface area contributed by atoms with Crippen molar-refractivity contribution in [3.8, 4) is 56.4 Å². The largest absolute Gasteiger partial charge is 0.456 e. The number of benzene rings is 8. The van der Waals surface area contributed by atoms with Crippen LogP contribution in [0.2, 0.25) is 0 Å². The molecule has 0 aliphatic rings. The Hall–Kier alpha value is -7.37. The molecule has 0 unspecified atom stereocenters. The van der Waals surface area contributed by atoms with Crippen LogP contribution in [-0.2, 0) is 0 Å². The second-order valence-corrected chi connectivity index (χ2v) is 13.0. The summed E-state index contributed by atoms with van der Waals surface area (Å²) in [6.45, 7) is 0. The van der Waals surface area contributed by atoms with Gasteiger partial charge < -0.3 is 8.83 Å². The third-order valence-corrected chi connectivity index (χ3v) is 9.82. The Morgan fingerprint density at radius 2 is 0.981 bits per heavy atom. The van der Waals surface area contributed by atoms with Gasteiger partial charge in [-0.1, -0.05) is 139 Å². The maximum atomic E-state index is 9.37. The first-order valence-corrected chi connectivity index (χ1v) is 17.4. The molecule has 3 heterocycles. The number of para-hydroxylation sites is 1. The van der Waals surface area contributed by atoms with Gasteiger partial charge in [-0.15, -0.1) is 0 Å². The van der Waals surface area contributed by atoms with Crippen molar-refractivity contribution in [1.82, 2.24) is 15.0 Å². The van der Waals surface area contributed by atoms with Gasteiger partial charge in [-0.3, -0.25) is 0 Å². The number of rotatable bonds is 5. The summed E-state index contributed by atoms with van der Waals surface area (Å²) < 4.78 is 73.8. The van der Waals surface area contributed by atoms with Gasteiger partial charge in [0, 0.05) is 43.6 Å². The van der Waals surface area contributed by atoms with Gasteiger partial charge in [0.15, 0.2) is 17.5 Å². The van der Waals surface area contributed by atoms with E-state index in [0.717, 1.165) is 43.8 Å². The zero-order chi connectivity index (χ0) is 41.7. The molecule has 8 aromatic carbocycles. The molecule has 0 spiro atoms. The van der Waals surface area contributed by atoms with Gasteiger partial charge in [-0.05, 0) is 64.0 Å². The number of hydrogen-bond donors (Lipinski definition) is 0. The van der Waals surface area contributed by atoms with E-state index in [0.29, 0.717) is 22.3 Å². The van der Waals surface area contributed by atoms with Crippen molar-refractivity contribution in [1.29, 1.82) is 0 Å². The number of fused-ring (bicyclic) bond motifs is 8. The zero-order valence-electron chi connectivity index (χ0n) is 35.4. The molecule has 5 nitrogen and oxygen atoms in total. The minimum atomic E-state index is -0.501. The quantitative estimate of drug-likeness (QED) is 0.179. The third kappa shape index (κ3) is 4.98. The monoisotopic (exact) mass is 698 g/mol. The van der Waals surface area contributed by atoms with E-state index >= 15 is 0 Å². The average Bonchev–Trinajstić information content (AvgIpc) is 3.90. The van der Waals surface area contributed by atoms with Crippen molar-refractivity contribution in [2.24, 2.45) is 0 Å². The molecule has 252 valence electrons. The number of furan rings is 2. The number of nitrogens with zero attached hydrogens (tertiary/aromatic N) is 3. The van der Waals surface area contributed by atoms with Crippen molar-refractivity contribution >= 4 is 54.6 Å². The van der Waals surface area contributed by atoms with Crippen molar-refractivity contribution in [2.45, 2.75) is 0 Å². The molecule has 0 atom stereocenters. The normalized spacial score (nSPS) is 13.5. The van der Waals surface area contributed by atoms with Crippen LogP contribution in [0, 0.1) is 0 Å². The molecule has 0 N–H and O–H groups in total. The van der Waals surface area contributed by atoms with E-state index in [9.17, 15) is 2.74 Å². The first-order chi connectivity index (χ1) is 29.7. The van der Waals surface area contributed by atoms with Crippen LogP contribution in [-0.4, -0.2) is 15.0 Å². The first kappa shape index (κ1) is 24.0. The average molecular weight is 699 g/mol. The minimum absolute atomic E-state index is 0.0447. The smallest absolute Gasteiger partial charge is 0.164 e. The van der Waals surface area contributed by atoms with E-state index in [1.54, 1.807) is 0 Å². The van der Waals surface area contributed by atoms with E-state index in [4.69, 9.17) is 30.6 Å². The predicted octanol–water partition coefficient (Wildman–Crippen LogP) is 13.2. The Bertz CT molecular complexity index is 3610. The van der Waals surface area contributed by atoms with E-state index < -0.39 is 30.2 Å². The SMILES string of the molecule is [2H]c1c([2H])c([2H])c2c(oc3c([2H])c(-c4nc(-c5ccccc5)nc(-c5cc6c7cc(-c8ccc(-c9ccccc9)cc8)ccc7oc6c6ccccc56)n4)c([2H])c([2H])c32)c1[2H]. The van der Waals surface area contributed by atoms with Crippen LogP contribution in [0.1, 0.15) is 9.60 Å². The zero-order valence-corrected chi connectivity index (χ0v) is 28.4. The summed E-state index contributed by atoms with van der Waals surface area (Å²) in [6.07, 6.45) is 0. The molecule has 11 aromatic rings. The maximum absolute atomic E-state index is 9.37. The Kier molecular flexibility index (Phi) is 5.38. The third-order valence-electron chi connectivity index (χ3n) is 9.82. The molecule has 0 bridgehead atoms. The highest BCUT2D eigenvalue weighted by Gasteiger charge is 2.20. The van der Waals surface area contributed by atoms with Crippen molar-refractivity contribution in [3.63, 3.8) is 0 Å². The fourth-order valence-electron chi connectivity index (χ4n) is 7.18. The Morgan fingerprint density at radius 1 is 0.370 bits per heavy atom. The molecule has 0 saturated heterocycles. The fourth-order valence-corrected chi connectivity index (χ4v) is 7.18. The van der Waals surface area contributed by atoms with Crippen LogP contribution in [0.5, 0.6) is 0 Å². The standard InChI is InChI=1S/C49H29N3O2/c1-3-11-30(12-4-1)31-19-21-32(22-20-31)34-24-26-44-40(27-34)41-29-42(36-15-7-8-17-39(36)46(41)54-44)49-51-47(33-13-5-2-6-14-33)50-48(52-49)35-23-25-38-37-16-9-10-18-43(37)53-45(38)28-35/h1-29H/i9D,10D,16D,18D,23D,25D,28D. The van der Waals surface area contributed by atoms with Crippen LogP contribution in [0.15, 0.2) is 185 Å². The highest BCUT2D eigenvalue weighted by Crippen LogP contribution is 2.41. The lowest BCUT2D eigenvalue weighted by Crippen LogP contribution is -2.00. The van der Waals surface area contributed by atoms with Crippen LogP contribution in [0.4, 0.5) is 0 Å². The highest BCUT2D eigenvalue weighted by atomic mass is 16.3. The van der Waals surface area contributed by atoms with Gasteiger partial charge in [-0.25, -0.2) is 15.0 Å². The molecule has 11 rings (SSSR count). The van der Waals surface area contributed by atoms with Gasteiger partial charge >= 0.3 is 0 Å². The van der Waals surface area contributed by atoms with Crippen molar-refractivity contribution < 1.29 is 18.4 Å². The summed E-state index contributed by atoms with van der Waals surface area (Å²) in [4.78, 5) is 14.8. The van der Waals surface area contributed by atoms with Crippen LogP contribution >= 0.6 is 0 Å². The first-order valence-electron chi connectivity index (χ1n) is 20.9. The number of aromatic nitrogens is 3. The fraction of sp³-hybridized carbons (Fsp3) is 0. The summed E-state index contributed by atoms with van der Waals surface area (Å²) in [6, 6.07) is 41.1.